The van der Waals surface area contributed by atoms with E-state index in [1.54, 1.807) is 12.1 Å². The van der Waals surface area contributed by atoms with E-state index < -0.39 is 0 Å². The standard InChI is InChI=1S/C24H28Cl2N2O4/c1-30-24(29)20-4-2-3-5-23(20)28-12-13-31-19(16-28)15-27-10-8-17(9-11-27)32-18-6-7-21(25)22(26)14-18/h2-7,14,17,19H,8-13,15-16H2,1H3/t19-/m0/s1. The highest BCUT2D eigenvalue weighted by Gasteiger charge is 2.28. The number of ether oxygens (including phenoxy) is 3. The Morgan fingerprint density at radius 2 is 1.88 bits per heavy atom. The molecule has 2 saturated heterocycles. The molecule has 4 rings (SSSR count). The van der Waals surface area contributed by atoms with Crippen molar-refractivity contribution in [2.24, 2.45) is 0 Å². The summed E-state index contributed by atoms with van der Waals surface area (Å²) in [5.74, 6) is 0.445. The summed E-state index contributed by atoms with van der Waals surface area (Å²) in [4.78, 5) is 16.8. The lowest BCUT2D eigenvalue weighted by Crippen LogP contribution is -2.50. The van der Waals surface area contributed by atoms with Gasteiger partial charge in [-0.25, -0.2) is 4.79 Å². The van der Waals surface area contributed by atoms with E-state index >= 15 is 0 Å². The van der Waals surface area contributed by atoms with Gasteiger partial charge >= 0.3 is 5.97 Å². The third kappa shape index (κ3) is 5.67. The fourth-order valence-corrected chi connectivity index (χ4v) is 4.61. The highest BCUT2D eigenvalue weighted by Crippen LogP contribution is 2.28. The van der Waals surface area contributed by atoms with E-state index in [1.807, 2.05) is 30.3 Å². The van der Waals surface area contributed by atoms with Gasteiger partial charge < -0.3 is 24.0 Å². The summed E-state index contributed by atoms with van der Waals surface area (Å²) < 4.78 is 17.1. The second-order valence-corrected chi connectivity index (χ2v) is 8.96. The van der Waals surface area contributed by atoms with Gasteiger partial charge in [0.25, 0.3) is 0 Å². The maximum atomic E-state index is 12.2. The molecule has 0 spiro atoms. The van der Waals surface area contributed by atoms with E-state index in [4.69, 9.17) is 37.4 Å². The zero-order chi connectivity index (χ0) is 22.5. The van der Waals surface area contributed by atoms with Crippen molar-refractivity contribution in [2.75, 3.05) is 51.3 Å². The maximum absolute atomic E-state index is 12.2. The molecule has 6 nitrogen and oxygen atoms in total. The first-order chi connectivity index (χ1) is 15.5. The monoisotopic (exact) mass is 478 g/mol. The number of nitrogens with zero attached hydrogens (tertiary/aromatic N) is 2. The number of para-hydroxylation sites is 1. The summed E-state index contributed by atoms with van der Waals surface area (Å²) in [5, 5.41) is 1.04. The predicted octanol–water partition coefficient (Wildman–Crippen LogP) is 4.53. The Balaban J connectivity index is 1.29. The molecule has 8 heteroatoms. The minimum atomic E-state index is -0.312. The van der Waals surface area contributed by atoms with Crippen LogP contribution >= 0.6 is 23.2 Å². The number of hydrogen-bond donors (Lipinski definition) is 0. The molecule has 2 aliphatic heterocycles. The van der Waals surface area contributed by atoms with Gasteiger partial charge in [-0.3, -0.25) is 0 Å². The van der Waals surface area contributed by atoms with Gasteiger partial charge in [0.2, 0.25) is 0 Å². The minimum absolute atomic E-state index is 0.0852. The Kier molecular flexibility index (Phi) is 7.79. The largest absolute Gasteiger partial charge is 0.490 e. The number of likely N-dealkylation sites (tertiary alicyclic amines) is 1. The van der Waals surface area contributed by atoms with Crippen LogP contribution in [-0.2, 0) is 9.47 Å². The number of esters is 1. The fourth-order valence-electron chi connectivity index (χ4n) is 4.32. The Hall–Kier alpha value is -1.99. The van der Waals surface area contributed by atoms with Crippen LogP contribution in [0.3, 0.4) is 0 Å². The van der Waals surface area contributed by atoms with Crippen LogP contribution in [0.15, 0.2) is 42.5 Å². The fraction of sp³-hybridized carbons (Fsp3) is 0.458. The normalized spacial score (nSPS) is 20.2. The lowest BCUT2D eigenvalue weighted by molar-refractivity contribution is 0.00272. The van der Waals surface area contributed by atoms with Crippen LogP contribution in [0.2, 0.25) is 10.0 Å². The highest BCUT2D eigenvalue weighted by atomic mass is 35.5. The van der Waals surface area contributed by atoms with Crippen molar-refractivity contribution >= 4 is 34.9 Å². The van der Waals surface area contributed by atoms with Crippen molar-refractivity contribution in [1.29, 1.82) is 0 Å². The first kappa shape index (κ1) is 23.2. The summed E-state index contributed by atoms with van der Waals surface area (Å²) in [7, 11) is 1.41. The van der Waals surface area contributed by atoms with E-state index in [0.29, 0.717) is 22.2 Å². The third-order valence-corrected chi connectivity index (χ3v) is 6.72. The first-order valence-electron chi connectivity index (χ1n) is 10.9. The topological polar surface area (TPSA) is 51.2 Å². The lowest BCUT2D eigenvalue weighted by atomic mass is 10.1. The molecule has 172 valence electrons. The zero-order valence-electron chi connectivity index (χ0n) is 18.1. The van der Waals surface area contributed by atoms with E-state index in [-0.39, 0.29) is 18.2 Å². The lowest BCUT2D eigenvalue weighted by Gasteiger charge is -2.39. The molecule has 0 unspecified atom stereocenters. The molecule has 2 aliphatic rings. The van der Waals surface area contributed by atoms with Gasteiger partial charge in [-0.05, 0) is 37.1 Å². The molecule has 0 radical (unpaired) electrons. The van der Waals surface area contributed by atoms with E-state index in [1.165, 1.54) is 7.11 Å². The van der Waals surface area contributed by atoms with Crippen LogP contribution in [0.25, 0.3) is 0 Å². The Labute approximate surface area is 198 Å². The molecule has 0 aliphatic carbocycles. The number of methoxy groups -OCH3 is 1. The molecule has 0 aromatic heterocycles. The van der Waals surface area contributed by atoms with Crippen molar-refractivity contribution in [3.05, 3.63) is 58.1 Å². The van der Waals surface area contributed by atoms with Crippen molar-refractivity contribution < 1.29 is 19.0 Å². The van der Waals surface area contributed by atoms with Crippen LogP contribution in [0.1, 0.15) is 23.2 Å². The highest BCUT2D eigenvalue weighted by molar-refractivity contribution is 6.42. The van der Waals surface area contributed by atoms with E-state index in [2.05, 4.69) is 9.80 Å². The third-order valence-electron chi connectivity index (χ3n) is 5.98. The van der Waals surface area contributed by atoms with Gasteiger partial charge in [0, 0.05) is 38.8 Å². The van der Waals surface area contributed by atoms with Crippen LogP contribution in [-0.4, -0.2) is 69.5 Å². The van der Waals surface area contributed by atoms with Gasteiger partial charge in [0.1, 0.15) is 11.9 Å². The Morgan fingerprint density at radius 3 is 2.62 bits per heavy atom. The van der Waals surface area contributed by atoms with Crippen LogP contribution in [0.4, 0.5) is 5.69 Å². The molecule has 0 saturated carbocycles. The number of morpholine rings is 1. The molecule has 2 aromatic carbocycles. The number of hydrogen-bond acceptors (Lipinski definition) is 6. The summed E-state index contributed by atoms with van der Waals surface area (Å²) in [6, 6.07) is 13.0. The molecule has 2 heterocycles. The van der Waals surface area contributed by atoms with Gasteiger partial charge in [-0.15, -0.1) is 0 Å². The van der Waals surface area contributed by atoms with Crippen molar-refractivity contribution in [2.45, 2.75) is 25.0 Å². The zero-order valence-corrected chi connectivity index (χ0v) is 19.6. The quantitative estimate of drug-likeness (QED) is 0.568. The van der Waals surface area contributed by atoms with Gasteiger partial charge in [0.05, 0.1) is 41.1 Å². The SMILES string of the molecule is COC(=O)c1ccccc1N1CCO[C@@H](CN2CCC(Oc3ccc(Cl)c(Cl)c3)CC2)C1. The van der Waals surface area contributed by atoms with Crippen LogP contribution in [0.5, 0.6) is 5.75 Å². The maximum Gasteiger partial charge on any atom is 0.339 e. The minimum Gasteiger partial charge on any atom is -0.490 e. The Morgan fingerprint density at radius 1 is 1.09 bits per heavy atom. The summed E-state index contributed by atoms with van der Waals surface area (Å²) >= 11 is 12.1. The van der Waals surface area contributed by atoms with Crippen molar-refractivity contribution in [1.82, 2.24) is 4.90 Å². The molecule has 2 fully saturated rings. The molecule has 1 atom stereocenters. The van der Waals surface area contributed by atoms with Crippen molar-refractivity contribution in [3.63, 3.8) is 0 Å². The van der Waals surface area contributed by atoms with Crippen molar-refractivity contribution in [3.8, 4) is 5.75 Å². The average Bonchev–Trinajstić information content (AvgIpc) is 2.82. The second kappa shape index (κ2) is 10.8. The molecule has 0 amide bonds. The number of halogens is 2. The van der Waals surface area contributed by atoms with E-state index in [9.17, 15) is 4.79 Å². The first-order valence-corrected chi connectivity index (χ1v) is 11.7. The number of anilines is 1. The second-order valence-electron chi connectivity index (χ2n) is 8.14. The Bertz CT molecular complexity index is 934. The molecule has 2 aromatic rings. The van der Waals surface area contributed by atoms with Gasteiger partial charge in [-0.2, -0.15) is 0 Å². The van der Waals surface area contributed by atoms with Crippen LogP contribution in [0, 0.1) is 0 Å². The van der Waals surface area contributed by atoms with Gasteiger partial charge in [0.15, 0.2) is 0 Å². The summed E-state index contributed by atoms with van der Waals surface area (Å²) in [6.07, 6.45) is 2.14. The number of rotatable bonds is 6. The van der Waals surface area contributed by atoms with Gasteiger partial charge in [-0.1, -0.05) is 35.3 Å². The summed E-state index contributed by atoms with van der Waals surface area (Å²) in [5.41, 5.74) is 1.50. The molecular formula is C24H28Cl2N2O4. The molecule has 0 N–H and O–H groups in total. The molecule has 0 bridgehead atoms. The van der Waals surface area contributed by atoms with E-state index in [0.717, 1.165) is 57.0 Å². The van der Waals surface area contributed by atoms with Crippen LogP contribution < -0.4 is 9.64 Å². The smallest absolute Gasteiger partial charge is 0.339 e. The number of benzene rings is 2. The predicted molar refractivity (Wildman–Crippen MR) is 126 cm³/mol. The number of carbonyl (C=O) groups is 1. The molecular weight excluding hydrogens is 451 g/mol. The number of carbonyl (C=O) groups excluding carboxylic acids is 1. The average molecular weight is 479 g/mol. The number of piperidine rings is 1. The molecule has 32 heavy (non-hydrogen) atoms. The summed E-state index contributed by atoms with van der Waals surface area (Å²) in [6.45, 7) is 4.89.